The summed E-state index contributed by atoms with van der Waals surface area (Å²) in [5, 5.41) is 5.83. The first-order valence-electron chi connectivity index (χ1n) is 16.6. The van der Waals surface area contributed by atoms with Gasteiger partial charge in [0.05, 0.1) is 27.4 Å². The summed E-state index contributed by atoms with van der Waals surface area (Å²) in [5.74, 6) is -1.37. The highest BCUT2D eigenvalue weighted by Crippen LogP contribution is 2.43. The maximum absolute atomic E-state index is 14.0. The second-order valence-corrected chi connectivity index (χ2v) is 17.5. The maximum atomic E-state index is 14.0. The molecule has 20 heteroatoms. The first-order valence-corrected chi connectivity index (χ1v) is 20.9. The van der Waals surface area contributed by atoms with Crippen LogP contribution < -0.4 is 16.4 Å². The molecule has 0 amide bonds. The Kier molecular flexibility index (Phi) is 10.1. The highest BCUT2D eigenvalue weighted by atomic mass is 32.2. The predicted molar refractivity (Wildman–Crippen MR) is 204 cm³/mol. The lowest BCUT2D eigenvalue weighted by atomic mass is 9.82. The first-order chi connectivity index (χ1) is 26.0. The van der Waals surface area contributed by atoms with E-state index in [1.165, 1.54) is 62.4 Å². The van der Waals surface area contributed by atoms with Crippen molar-refractivity contribution in [2.75, 3.05) is 16.4 Å². The van der Waals surface area contributed by atoms with Crippen molar-refractivity contribution < 1.29 is 48.5 Å². The van der Waals surface area contributed by atoms with E-state index < -0.39 is 63.0 Å². The summed E-state index contributed by atoms with van der Waals surface area (Å²) in [5.41, 5.74) is 5.17. The Bertz CT molecular complexity index is 2880. The number of carbonyl (C=O) groups is 2. The molecule has 1 aromatic heterocycles. The summed E-state index contributed by atoms with van der Waals surface area (Å²) in [6.07, 6.45) is -0.183. The molecule has 7 N–H and O–H groups in total. The molecule has 1 heterocycles. The number of hydrogen-bond donors (Lipinski definition) is 6. The minimum atomic E-state index is -5.09. The Hall–Kier alpha value is -5.64. The average molecular weight is 823 g/mol. The fourth-order valence-electron chi connectivity index (χ4n) is 6.68. The molecule has 56 heavy (non-hydrogen) atoms. The van der Waals surface area contributed by atoms with Gasteiger partial charge in [0, 0.05) is 34.8 Å². The number of hydrogen-bond acceptors (Lipinski definition) is 14. The molecule has 5 aromatic rings. The van der Waals surface area contributed by atoms with Crippen molar-refractivity contribution in [3.8, 4) is 0 Å². The van der Waals surface area contributed by atoms with Crippen LogP contribution in [0.3, 0.4) is 0 Å². The predicted octanol–water partition coefficient (Wildman–Crippen LogP) is 5.10. The normalized spacial score (nSPS) is 13.1. The number of nitrogens with one attached hydrogen (secondary N) is 2. The van der Waals surface area contributed by atoms with Gasteiger partial charge in [-0.05, 0) is 67.3 Å². The summed E-state index contributed by atoms with van der Waals surface area (Å²) < 4.78 is 105. The topological polar surface area (TPSA) is 286 Å². The minimum absolute atomic E-state index is 0.00589. The number of nitrogen functional groups attached to an aromatic ring is 1. The fraction of sp³-hybridized carbons (Fsp3) is 0.194. The molecule has 1 aliphatic rings. The van der Waals surface area contributed by atoms with E-state index in [1.54, 1.807) is 20.8 Å². The molecule has 1 aliphatic carbocycles. The Morgan fingerprint density at radius 2 is 1.34 bits per heavy atom. The van der Waals surface area contributed by atoms with E-state index >= 15 is 0 Å². The summed E-state index contributed by atoms with van der Waals surface area (Å²) in [6, 6.07) is 11.9. The lowest BCUT2D eigenvalue weighted by Gasteiger charge is -2.26. The molecule has 17 nitrogen and oxygen atoms in total. The molecule has 0 unspecified atom stereocenters. The SMILES string of the molecule is Cc1c(Cc2nc(Nc3cccc(S(=O)(=O)O)c3)nc(C(C)C)n2)c(C)c(S(=O)(=O)O)c(C)c1Nc1cc(S(=O)(=O)O)c(N)c2c1C(=O)c1ccccc1C2=O. The zero-order valence-electron chi connectivity index (χ0n) is 30.2. The largest absolute Gasteiger partial charge is 0.397 e. The van der Waals surface area contributed by atoms with Gasteiger partial charge in [0.1, 0.15) is 21.4 Å². The van der Waals surface area contributed by atoms with E-state index in [1.807, 2.05) is 0 Å². The molecule has 0 radical (unpaired) electrons. The zero-order valence-corrected chi connectivity index (χ0v) is 32.7. The van der Waals surface area contributed by atoms with Crippen molar-refractivity contribution in [2.45, 2.75) is 61.6 Å². The van der Waals surface area contributed by atoms with Gasteiger partial charge in [0.2, 0.25) is 5.95 Å². The molecule has 0 atom stereocenters. The van der Waals surface area contributed by atoms with Gasteiger partial charge in [0.25, 0.3) is 30.4 Å². The van der Waals surface area contributed by atoms with Crippen LogP contribution in [0.5, 0.6) is 0 Å². The van der Waals surface area contributed by atoms with Crippen LogP contribution in [0.4, 0.5) is 28.7 Å². The van der Waals surface area contributed by atoms with Gasteiger partial charge in [-0.1, -0.05) is 44.2 Å². The third-order valence-electron chi connectivity index (χ3n) is 9.27. The molecular formula is C36H34N6O11S3. The lowest BCUT2D eigenvalue weighted by Crippen LogP contribution is -2.25. The summed E-state index contributed by atoms with van der Waals surface area (Å²) in [4.78, 5) is 39.4. The average Bonchev–Trinajstić information content (AvgIpc) is 3.09. The molecule has 0 saturated carbocycles. The van der Waals surface area contributed by atoms with Crippen LogP contribution in [-0.4, -0.2) is 65.4 Å². The zero-order chi connectivity index (χ0) is 41.2. The van der Waals surface area contributed by atoms with E-state index in [9.17, 15) is 48.5 Å². The lowest BCUT2D eigenvalue weighted by molar-refractivity contribution is 0.0980. The Balaban J connectivity index is 1.54. The number of nitrogens with two attached hydrogens (primary N) is 1. The van der Waals surface area contributed by atoms with Gasteiger partial charge in [-0.25, -0.2) is 4.98 Å². The van der Waals surface area contributed by atoms with Gasteiger partial charge in [0.15, 0.2) is 11.6 Å². The number of aromatic nitrogens is 3. The first kappa shape index (κ1) is 40.0. The van der Waals surface area contributed by atoms with Gasteiger partial charge in [-0.2, -0.15) is 35.2 Å². The van der Waals surface area contributed by atoms with Crippen LogP contribution in [0.1, 0.15) is 85.5 Å². The Morgan fingerprint density at radius 1 is 0.714 bits per heavy atom. The van der Waals surface area contributed by atoms with Gasteiger partial charge >= 0.3 is 0 Å². The molecule has 0 aliphatic heterocycles. The van der Waals surface area contributed by atoms with E-state index in [-0.39, 0.29) is 79.4 Å². The number of nitrogens with zero attached hydrogens (tertiary/aromatic N) is 3. The Labute approximate surface area is 321 Å². The van der Waals surface area contributed by atoms with Gasteiger partial charge < -0.3 is 16.4 Å². The standard InChI is InChI=1S/C36H34N6O11S3/c1-16(2)35-40-27(41-36(42-35)38-20-9-8-10-21(13-20)54(45,46)47)14-24-17(3)31(19(5)34(18(24)4)56(51,52)53)39-25-15-26(55(48,49)50)30(37)29-28(25)32(43)22-11-6-7-12-23(22)33(29)44/h6-13,15-16,39H,14,37H2,1-5H3,(H,45,46,47)(H,48,49,50)(H,51,52,53)(H,38,40,41,42). The van der Waals surface area contributed by atoms with Crippen molar-refractivity contribution in [3.63, 3.8) is 0 Å². The van der Waals surface area contributed by atoms with Crippen molar-refractivity contribution in [1.29, 1.82) is 0 Å². The maximum Gasteiger partial charge on any atom is 0.296 e. The summed E-state index contributed by atoms with van der Waals surface area (Å²) in [7, 11) is -14.6. The number of ketones is 2. The molecule has 0 saturated heterocycles. The van der Waals surface area contributed by atoms with Crippen LogP contribution in [0, 0.1) is 20.8 Å². The van der Waals surface area contributed by atoms with Crippen LogP contribution in [0.25, 0.3) is 0 Å². The van der Waals surface area contributed by atoms with E-state index in [4.69, 9.17) is 5.73 Å². The Morgan fingerprint density at radius 3 is 1.91 bits per heavy atom. The number of benzene rings is 4. The summed E-state index contributed by atoms with van der Waals surface area (Å²) >= 11 is 0. The molecular weight excluding hydrogens is 789 g/mol. The second-order valence-electron chi connectivity index (χ2n) is 13.3. The van der Waals surface area contributed by atoms with Crippen molar-refractivity contribution in [1.82, 2.24) is 15.0 Å². The van der Waals surface area contributed by atoms with Crippen molar-refractivity contribution >= 4 is 70.6 Å². The van der Waals surface area contributed by atoms with E-state index in [0.29, 0.717) is 11.4 Å². The monoisotopic (exact) mass is 822 g/mol. The fourth-order valence-corrected chi connectivity index (χ4v) is 8.85. The third kappa shape index (κ3) is 7.36. The second kappa shape index (κ2) is 14.1. The van der Waals surface area contributed by atoms with Crippen molar-refractivity contribution in [3.05, 3.63) is 111 Å². The number of anilines is 5. The van der Waals surface area contributed by atoms with Crippen LogP contribution in [-0.2, 0) is 36.8 Å². The summed E-state index contributed by atoms with van der Waals surface area (Å²) in [6.45, 7) is 8.02. The van der Waals surface area contributed by atoms with Crippen LogP contribution >= 0.6 is 0 Å². The quantitative estimate of drug-likeness (QED) is 0.0774. The smallest absolute Gasteiger partial charge is 0.296 e. The number of fused-ring (bicyclic) bond motifs is 2. The minimum Gasteiger partial charge on any atom is -0.397 e. The van der Waals surface area contributed by atoms with Gasteiger partial charge in [-0.15, -0.1) is 0 Å². The van der Waals surface area contributed by atoms with Gasteiger partial charge in [-0.3, -0.25) is 23.2 Å². The number of carbonyl (C=O) groups excluding carboxylic acids is 2. The number of rotatable bonds is 10. The molecule has 6 rings (SSSR count). The van der Waals surface area contributed by atoms with Crippen molar-refractivity contribution in [2.24, 2.45) is 0 Å². The molecule has 0 bridgehead atoms. The van der Waals surface area contributed by atoms with E-state index in [2.05, 4.69) is 25.6 Å². The molecule has 4 aromatic carbocycles. The highest BCUT2D eigenvalue weighted by molar-refractivity contribution is 7.86. The molecule has 0 fully saturated rings. The van der Waals surface area contributed by atoms with Crippen LogP contribution in [0.2, 0.25) is 0 Å². The van der Waals surface area contributed by atoms with Crippen LogP contribution in [0.15, 0.2) is 69.3 Å². The highest BCUT2D eigenvalue weighted by Gasteiger charge is 2.37. The molecule has 292 valence electrons. The third-order valence-corrected chi connectivity index (χ3v) is 12.1. The van der Waals surface area contributed by atoms with E-state index in [0.717, 1.165) is 6.07 Å². The molecule has 0 spiro atoms.